The number of Topliss-reactive ketones (excluding diaryl/α,β-unsaturated/α-hetero) is 1. The minimum absolute atomic E-state index is 0.235. The summed E-state index contributed by atoms with van der Waals surface area (Å²) in [5.41, 5.74) is 1.44. The predicted molar refractivity (Wildman–Crippen MR) is 62.8 cm³/mol. The number of halogens is 2. The SMILES string of the molecule is CC1(C)C(=O)CCc2c(Cl)ccc(Cl)c21. The van der Waals surface area contributed by atoms with Crippen molar-refractivity contribution >= 4 is 29.0 Å². The number of fused-ring (bicyclic) bond motifs is 1. The molecule has 1 aliphatic rings. The Morgan fingerprint density at radius 1 is 1.13 bits per heavy atom. The number of rotatable bonds is 0. The molecule has 0 bridgehead atoms. The molecule has 1 aromatic carbocycles. The Bertz CT molecular complexity index is 435. The third-order valence-electron chi connectivity index (χ3n) is 3.13. The third kappa shape index (κ3) is 1.58. The van der Waals surface area contributed by atoms with E-state index < -0.39 is 5.41 Å². The molecule has 3 heteroatoms. The molecule has 0 fully saturated rings. The van der Waals surface area contributed by atoms with Crippen molar-refractivity contribution in [3.05, 3.63) is 33.3 Å². The first-order valence-corrected chi connectivity index (χ1v) is 5.71. The molecule has 0 unspecified atom stereocenters. The summed E-state index contributed by atoms with van der Waals surface area (Å²) >= 11 is 12.3. The van der Waals surface area contributed by atoms with Crippen LogP contribution in [0.4, 0.5) is 0 Å². The molecule has 0 amide bonds. The van der Waals surface area contributed by atoms with Gasteiger partial charge in [0.2, 0.25) is 0 Å². The van der Waals surface area contributed by atoms with Gasteiger partial charge in [0.15, 0.2) is 0 Å². The molecule has 0 heterocycles. The van der Waals surface area contributed by atoms with Crippen LogP contribution in [-0.2, 0) is 16.6 Å². The Hall–Kier alpha value is -0.530. The van der Waals surface area contributed by atoms with E-state index in [0.717, 1.165) is 16.1 Å². The van der Waals surface area contributed by atoms with Crippen LogP contribution in [0.25, 0.3) is 0 Å². The first kappa shape index (κ1) is 11.0. The van der Waals surface area contributed by atoms with E-state index in [0.29, 0.717) is 17.9 Å². The highest BCUT2D eigenvalue weighted by Crippen LogP contribution is 2.41. The molecule has 0 N–H and O–H groups in total. The van der Waals surface area contributed by atoms with E-state index >= 15 is 0 Å². The standard InChI is InChI=1S/C12H12Cl2O/c1-12(2)10(15)6-3-7-8(13)4-5-9(14)11(7)12/h4-5H,3,6H2,1-2H3. The predicted octanol–water partition coefficient (Wildman–Crippen LogP) is 3.79. The molecule has 15 heavy (non-hydrogen) atoms. The van der Waals surface area contributed by atoms with E-state index in [-0.39, 0.29) is 5.78 Å². The van der Waals surface area contributed by atoms with Crippen molar-refractivity contribution in [3.63, 3.8) is 0 Å². The highest BCUT2D eigenvalue weighted by Gasteiger charge is 2.37. The lowest BCUT2D eigenvalue weighted by Gasteiger charge is -2.32. The zero-order valence-corrected chi connectivity index (χ0v) is 10.2. The second kappa shape index (κ2) is 3.50. The quantitative estimate of drug-likeness (QED) is 0.677. The number of carbonyl (C=O) groups is 1. The summed E-state index contributed by atoms with van der Waals surface area (Å²) < 4.78 is 0. The van der Waals surface area contributed by atoms with Crippen LogP contribution >= 0.6 is 23.2 Å². The number of benzene rings is 1. The van der Waals surface area contributed by atoms with Gasteiger partial charge in [-0.1, -0.05) is 23.2 Å². The van der Waals surface area contributed by atoms with Crippen molar-refractivity contribution in [2.24, 2.45) is 0 Å². The number of hydrogen-bond acceptors (Lipinski definition) is 1. The van der Waals surface area contributed by atoms with Crippen LogP contribution in [0, 0.1) is 0 Å². The Labute approximate surface area is 99.4 Å². The largest absolute Gasteiger partial charge is 0.299 e. The Balaban J connectivity index is 2.73. The minimum Gasteiger partial charge on any atom is -0.299 e. The summed E-state index contributed by atoms with van der Waals surface area (Å²) in [6.45, 7) is 3.82. The molecule has 0 saturated heterocycles. The Morgan fingerprint density at radius 3 is 2.40 bits per heavy atom. The van der Waals surface area contributed by atoms with E-state index in [1.165, 1.54) is 0 Å². The van der Waals surface area contributed by atoms with Crippen molar-refractivity contribution in [2.75, 3.05) is 0 Å². The average Bonchev–Trinajstić information content (AvgIpc) is 2.16. The van der Waals surface area contributed by atoms with Gasteiger partial charge in [-0.15, -0.1) is 0 Å². The van der Waals surface area contributed by atoms with E-state index in [2.05, 4.69) is 0 Å². The topological polar surface area (TPSA) is 17.1 Å². The number of hydrogen-bond donors (Lipinski definition) is 0. The fraction of sp³-hybridized carbons (Fsp3) is 0.417. The molecular weight excluding hydrogens is 231 g/mol. The third-order valence-corrected chi connectivity index (χ3v) is 3.80. The van der Waals surface area contributed by atoms with Gasteiger partial charge < -0.3 is 0 Å². The molecule has 0 atom stereocenters. The lowest BCUT2D eigenvalue weighted by atomic mass is 9.72. The normalized spacial score (nSPS) is 18.8. The van der Waals surface area contributed by atoms with Crippen molar-refractivity contribution in [3.8, 4) is 0 Å². The summed E-state index contributed by atoms with van der Waals surface area (Å²) in [6, 6.07) is 3.57. The van der Waals surface area contributed by atoms with Crippen molar-refractivity contribution in [1.82, 2.24) is 0 Å². The summed E-state index contributed by atoms with van der Waals surface area (Å²) in [7, 11) is 0. The highest BCUT2D eigenvalue weighted by molar-refractivity contribution is 6.34. The van der Waals surface area contributed by atoms with Crippen LogP contribution in [0.1, 0.15) is 31.4 Å². The second-order valence-corrected chi connectivity index (χ2v) is 5.25. The first-order valence-electron chi connectivity index (χ1n) is 4.95. The molecule has 0 aromatic heterocycles. The molecule has 0 saturated carbocycles. The van der Waals surface area contributed by atoms with Gasteiger partial charge in [0.05, 0.1) is 5.41 Å². The molecule has 2 rings (SSSR count). The molecule has 0 radical (unpaired) electrons. The van der Waals surface area contributed by atoms with E-state index in [9.17, 15) is 4.79 Å². The highest BCUT2D eigenvalue weighted by atomic mass is 35.5. The smallest absolute Gasteiger partial charge is 0.143 e. The van der Waals surface area contributed by atoms with Crippen LogP contribution in [-0.4, -0.2) is 5.78 Å². The lowest BCUT2D eigenvalue weighted by molar-refractivity contribution is -0.124. The maximum Gasteiger partial charge on any atom is 0.143 e. The van der Waals surface area contributed by atoms with Gasteiger partial charge in [-0.25, -0.2) is 0 Å². The van der Waals surface area contributed by atoms with Crippen molar-refractivity contribution in [1.29, 1.82) is 0 Å². The molecule has 0 spiro atoms. The lowest BCUT2D eigenvalue weighted by Crippen LogP contribution is -2.34. The van der Waals surface area contributed by atoms with Crippen molar-refractivity contribution < 1.29 is 4.79 Å². The monoisotopic (exact) mass is 242 g/mol. The molecule has 1 aliphatic carbocycles. The maximum absolute atomic E-state index is 11.8. The van der Waals surface area contributed by atoms with Gasteiger partial charge in [0.25, 0.3) is 0 Å². The summed E-state index contributed by atoms with van der Waals surface area (Å²) in [5.74, 6) is 0.235. The molecular formula is C12H12Cl2O. The Morgan fingerprint density at radius 2 is 1.73 bits per heavy atom. The minimum atomic E-state index is -0.504. The molecule has 1 nitrogen and oxygen atoms in total. The van der Waals surface area contributed by atoms with Crippen LogP contribution in [0.3, 0.4) is 0 Å². The van der Waals surface area contributed by atoms with Crippen molar-refractivity contribution in [2.45, 2.75) is 32.1 Å². The van der Waals surface area contributed by atoms with Crippen LogP contribution < -0.4 is 0 Å². The van der Waals surface area contributed by atoms with E-state index in [4.69, 9.17) is 23.2 Å². The molecule has 1 aromatic rings. The van der Waals surface area contributed by atoms with Crippen LogP contribution in [0.2, 0.25) is 10.0 Å². The maximum atomic E-state index is 11.8. The molecule has 80 valence electrons. The molecule has 0 aliphatic heterocycles. The Kier molecular flexibility index (Phi) is 2.56. The van der Waals surface area contributed by atoms with Crippen LogP contribution in [0.5, 0.6) is 0 Å². The van der Waals surface area contributed by atoms with Crippen LogP contribution in [0.15, 0.2) is 12.1 Å². The number of ketones is 1. The zero-order chi connectivity index (χ0) is 11.2. The average molecular weight is 243 g/mol. The fourth-order valence-corrected chi connectivity index (χ4v) is 2.87. The van der Waals surface area contributed by atoms with E-state index in [1.54, 1.807) is 12.1 Å². The van der Waals surface area contributed by atoms with Gasteiger partial charge in [0, 0.05) is 16.5 Å². The van der Waals surface area contributed by atoms with Gasteiger partial charge in [-0.2, -0.15) is 0 Å². The van der Waals surface area contributed by atoms with E-state index in [1.807, 2.05) is 13.8 Å². The zero-order valence-electron chi connectivity index (χ0n) is 8.73. The van der Waals surface area contributed by atoms with Gasteiger partial charge >= 0.3 is 0 Å². The van der Waals surface area contributed by atoms with Gasteiger partial charge in [-0.05, 0) is 43.5 Å². The second-order valence-electron chi connectivity index (χ2n) is 4.43. The van der Waals surface area contributed by atoms with Gasteiger partial charge in [-0.3, -0.25) is 4.79 Å². The number of carbonyl (C=O) groups excluding carboxylic acids is 1. The summed E-state index contributed by atoms with van der Waals surface area (Å²) in [6.07, 6.45) is 1.26. The first-order chi connectivity index (χ1) is 6.94. The van der Waals surface area contributed by atoms with Gasteiger partial charge in [0.1, 0.15) is 5.78 Å². The fourth-order valence-electron chi connectivity index (χ4n) is 2.20. The summed E-state index contributed by atoms with van der Waals surface area (Å²) in [4.78, 5) is 11.8. The summed E-state index contributed by atoms with van der Waals surface area (Å²) in [5, 5.41) is 1.36.